The number of hydrogen-bond donors (Lipinski definition) is 1. The van der Waals surface area contributed by atoms with Gasteiger partial charge >= 0.3 is 0 Å². The van der Waals surface area contributed by atoms with Crippen LogP contribution < -0.4 is 14.8 Å². The molecule has 0 saturated carbocycles. The first kappa shape index (κ1) is 20.9. The molecule has 0 heterocycles. The van der Waals surface area contributed by atoms with E-state index in [0.717, 1.165) is 21.9 Å². The van der Waals surface area contributed by atoms with Gasteiger partial charge in [-0.2, -0.15) is 0 Å². The lowest BCUT2D eigenvalue weighted by Gasteiger charge is -2.15. The number of carbonyl (C=O) groups is 1. The smallest absolute Gasteiger partial charge is 0.251 e. The highest BCUT2D eigenvalue weighted by molar-refractivity contribution is 9.10. The van der Waals surface area contributed by atoms with Gasteiger partial charge < -0.3 is 14.8 Å². The lowest BCUT2D eigenvalue weighted by Crippen LogP contribution is -2.23. The van der Waals surface area contributed by atoms with Gasteiger partial charge in [-0.15, -0.1) is 0 Å². The van der Waals surface area contributed by atoms with Crippen LogP contribution in [-0.2, 0) is 13.2 Å². The molecule has 4 aromatic rings. The van der Waals surface area contributed by atoms with E-state index in [1.54, 1.807) is 19.2 Å². The Balaban J connectivity index is 1.52. The Kier molecular flexibility index (Phi) is 6.53. The van der Waals surface area contributed by atoms with Gasteiger partial charge in [0.1, 0.15) is 6.61 Å². The van der Waals surface area contributed by atoms with Gasteiger partial charge in [-0.3, -0.25) is 4.79 Å². The van der Waals surface area contributed by atoms with Crippen molar-refractivity contribution in [3.63, 3.8) is 0 Å². The molecule has 0 aromatic heterocycles. The minimum absolute atomic E-state index is 0.180. The van der Waals surface area contributed by atoms with E-state index < -0.39 is 0 Å². The van der Waals surface area contributed by atoms with Crippen LogP contribution >= 0.6 is 15.9 Å². The molecular formula is C26H22BrNO3. The highest BCUT2D eigenvalue weighted by Gasteiger charge is 2.16. The molecule has 0 aliphatic carbocycles. The number of rotatable bonds is 7. The fourth-order valence-corrected chi connectivity index (χ4v) is 4.07. The number of amides is 1. The summed E-state index contributed by atoms with van der Waals surface area (Å²) in [7, 11) is 1.58. The first-order chi connectivity index (χ1) is 15.2. The zero-order valence-electron chi connectivity index (χ0n) is 17.1. The molecule has 156 valence electrons. The average molecular weight is 476 g/mol. The van der Waals surface area contributed by atoms with E-state index in [2.05, 4.69) is 39.4 Å². The number of methoxy groups -OCH3 is 1. The summed E-state index contributed by atoms with van der Waals surface area (Å²) in [5, 5.41) is 5.30. The molecule has 1 amide bonds. The summed E-state index contributed by atoms with van der Waals surface area (Å²) in [4.78, 5) is 12.9. The summed E-state index contributed by atoms with van der Waals surface area (Å²) in [6.45, 7) is 0.814. The molecule has 0 aliphatic heterocycles. The topological polar surface area (TPSA) is 47.6 Å². The quantitative estimate of drug-likeness (QED) is 0.350. The Morgan fingerprint density at radius 2 is 1.68 bits per heavy atom. The van der Waals surface area contributed by atoms with Crippen molar-refractivity contribution in [1.82, 2.24) is 5.32 Å². The normalized spacial score (nSPS) is 10.6. The van der Waals surface area contributed by atoms with Crippen molar-refractivity contribution < 1.29 is 14.3 Å². The molecule has 0 bridgehead atoms. The molecule has 0 atom stereocenters. The third-order valence-electron chi connectivity index (χ3n) is 5.03. The van der Waals surface area contributed by atoms with Crippen molar-refractivity contribution >= 4 is 32.6 Å². The van der Waals surface area contributed by atoms with E-state index in [1.807, 2.05) is 54.6 Å². The molecule has 0 radical (unpaired) electrons. The van der Waals surface area contributed by atoms with Crippen LogP contribution in [-0.4, -0.2) is 13.0 Å². The number of nitrogens with one attached hydrogen (secondary N) is 1. The van der Waals surface area contributed by atoms with E-state index in [4.69, 9.17) is 9.47 Å². The summed E-state index contributed by atoms with van der Waals surface area (Å²) in [6, 6.07) is 27.6. The molecule has 0 unspecified atom stereocenters. The molecule has 0 spiro atoms. The minimum Gasteiger partial charge on any atom is -0.492 e. The number of fused-ring (bicyclic) bond motifs is 1. The summed E-state index contributed by atoms with van der Waals surface area (Å²) in [5.74, 6) is 0.887. The number of halogens is 1. The van der Waals surface area contributed by atoms with Crippen molar-refractivity contribution in [2.75, 3.05) is 7.11 Å². The van der Waals surface area contributed by atoms with E-state index >= 15 is 0 Å². The SMILES string of the molecule is COc1c(Br)cc(C(=O)NCc2cccc3ccccc23)cc1OCc1ccccc1. The van der Waals surface area contributed by atoms with Crippen LogP contribution in [0.4, 0.5) is 0 Å². The zero-order valence-corrected chi connectivity index (χ0v) is 18.7. The van der Waals surface area contributed by atoms with Gasteiger partial charge in [0.2, 0.25) is 0 Å². The molecule has 0 aliphatic rings. The van der Waals surface area contributed by atoms with Crippen LogP contribution in [0.2, 0.25) is 0 Å². The summed E-state index contributed by atoms with van der Waals surface area (Å²) < 4.78 is 12.1. The lowest BCUT2D eigenvalue weighted by atomic mass is 10.0. The van der Waals surface area contributed by atoms with Crippen LogP contribution in [0.25, 0.3) is 10.8 Å². The number of carbonyl (C=O) groups excluding carboxylic acids is 1. The Bertz CT molecular complexity index is 1200. The van der Waals surface area contributed by atoms with E-state index in [9.17, 15) is 4.79 Å². The second kappa shape index (κ2) is 9.67. The molecule has 1 N–H and O–H groups in total. The van der Waals surface area contributed by atoms with Crippen molar-refractivity contribution in [2.45, 2.75) is 13.2 Å². The van der Waals surface area contributed by atoms with Gasteiger partial charge in [0.25, 0.3) is 5.91 Å². The highest BCUT2D eigenvalue weighted by atomic mass is 79.9. The Morgan fingerprint density at radius 3 is 2.48 bits per heavy atom. The van der Waals surface area contributed by atoms with Crippen LogP contribution in [0.1, 0.15) is 21.5 Å². The molecule has 0 saturated heterocycles. The molecular weight excluding hydrogens is 454 g/mol. The fraction of sp³-hybridized carbons (Fsp3) is 0.115. The molecule has 31 heavy (non-hydrogen) atoms. The average Bonchev–Trinajstić information content (AvgIpc) is 2.81. The summed E-state index contributed by atoms with van der Waals surface area (Å²) >= 11 is 3.50. The summed E-state index contributed by atoms with van der Waals surface area (Å²) in [5.41, 5.74) is 2.60. The maximum Gasteiger partial charge on any atom is 0.251 e. The maximum atomic E-state index is 12.9. The van der Waals surface area contributed by atoms with Crippen molar-refractivity contribution in [2.24, 2.45) is 0 Å². The molecule has 4 nitrogen and oxygen atoms in total. The Labute approximate surface area is 189 Å². The summed E-state index contributed by atoms with van der Waals surface area (Å²) in [6.07, 6.45) is 0. The monoisotopic (exact) mass is 475 g/mol. The van der Waals surface area contributed by atoms with Gasteiger partial charge in [-0.25, -0.2) is 0 Å². The van der Waals surface area contributed by atoms with Crippen LogP contribution in [0, 0.1) is 0 Å². The predicted molar refractivity (Wildman–Crippen MR) is 127 cm³/mol. The van der Waals surface area contributed by atoms with Gasteiger partial charge in [0.15, 0.2) is 11.5 Å². The first-order valence-corrected chi connectivity index (χ1v) is 10.7. The first-order valence-electron chi connectivity index (χ1n) is 9.95. The van der Waals surface area contributed by atoms with Crippen LogP contribution in [0.5, 0.6) is 11.5 Å². The molecule has 0 fully saturated rings. The second-order valence-corrected chi connectivity index (χ2v) is 7.94. The predicted octanol–water partition coefficient (Wildman–Crippen LogP) is 6.12. The molecule has 4 rings (SSSR count). The minimum atomic E-state index is -0.180. The van der Waals surface area contributed by atoms with Crippen molar-refractivity contribution in [3.8, 4) is 11.5 Å². The van der Waals surface area contributed by atoms with Gasteiger partial charge in [-0.05, 0) is 50.0 Å². The van der Waals surface area contributed by atoms with E-state index in [0.29, 0.717) is 34.7 Å². The van der Waals surface area contributed by atoms with Crippen molar-refractivity contribution in [1.29, 1.82) is 0 Å². The van der Waals surface area contributed by atoms with Crippen molar-refractivity contribution in [3.05, 3.63) is 106 Å². The Morgan fingerprint density at radius 1 is 0.935 bits per heavy atom. The lowest BCUT2D eigenvalue weighted by molar-refractivity contribution is 0.0950. The largest absolute Gasteiger partial charge is 0.492 e. The van der Waals surface area contributed by atoms with Crippen LogP contribution in [0.3, 0.4) is 0 Å². The van der Waals surface area contributed by atoms with Gasteiger partial charge in [0.05, 0.1) is 11.6 Å². The number of benzene rings is 4. The fourth-order valence-electron chi connectivity index (χ4n) is 3.46. The van der Waals surface area contributed by atoms with Gasteiger partial charge in [0, 0.05) is 12.1 Å². The zero-order chi connectivity index (χ0) is 21.6. The molecule has 4 aromatic carbocycles. The number of ether oxygens (including phenoxy) is 2. The second-order valence-electron chi connectivity index (χ2n) is 7.08. The van der Waals surface area contributed by atoms with E-state index in [-0.39, 0.29) is 5.91 Å². The molecule has 5 heteroatoms. The third kappa shape index (κ3) is 4.89. The van der Waals surface area contributed by atoms with Gasteiger partial charge in [-0.1, -0.05) is 72.8 Å². The van der Waals surface area contributed by atoms with E-state index in [1.165, 1.54) is 0 Å². The third-order valence-corrected chi connectivity index (χ3v) is 5.62. The Hall–Kier alpha value is -3.31. The van der Waals surface area contributed by atoms with Crippen LogP contribution in [0.15, 0.2) is 89.4 Å². The maximum absolute atomic E-state index is 12.9. The standard InChI is InChI=1S/C26H22BrNO3/c1-30-25-23(27)14-21(15-24(25)31-17-18-8-3-2-4-9-18)26(29)28-16-20-12-7-11-19-10-5-6-13-22(19)20/h2-15H,16-17H2,1H3,(H,28,29). The number of hydrogen-bond acceptors (Lipinski definition) is 3. The highest BCUT2D eigenvalue weighted by Crippen LogP contribution is 2.37.